The van der Waals surface area contributed by atoms with E-state index in [1.807, 2.05) is 0 Å². The summed E-state index contributed by atoms with van der Waals surface area (Å²) >= 11 is 5.63. The van der Waals surface area contributed by atoms with Crippen molar-refractivity contribution in [2.24, 2.45) is 0 Å². The second kappa shape index (κ2) is 5.64. The molecule has 19 heavy (non-hydrogen) atoms. The highest BCUT2D eigenvalue weighted by molar-refractivity contribution is 7.89. The minimum absolute atomic E-state index is 0.0813. The molecule has 2 heterocycles. The van der Waals surface area contributed by atoms with E-state index in [0.29, 0.717) is 0 Å². The van der Waals surface area contributed by atoms with Crippen molar-refractivity contribution < 1.29 is 8.42 Å². The third-order valence-corrected chi connectivity index (χ3v) is 4.30. The van der Waals surface area contributed by atoms with Crippen LogP contribution in [0.3, 0.4) is 0 Å². The highest BCUT2D eigenvalue weighted by Crippen LogP contribution is 2.16. The maximum absolute atomic E-state index is 12.1. The molecule has 7 heteroatoms. The van der Waals surface area contributed by atoms with Crippen molar-refractivity contribution in [3.63, 3.8) is 0 Å². The summed E-state index contributed by atoms with van der Waals surface area (Å²) in [6.45, 7) is 1.76. The van der Waals surface area contributed by atoms with E-state index < -0.39 is 10.0 Å². The fourth-order valence-electron chi connectivity index (χ4n) is 1.54. The van der Waals surface area contributed by atoms with Gasteiger partial charge in [0, 0.05) is 24.6 Å². The summed E-state index contributed by atoms with van der Waals surface area (Å²) < 4.78 is 26.8. The van der Waals surface area contributed by atoms with Crippen LogP contribution in [-0.4, -0.2) is 18.4 Å². The van der Waals surface area contributed by atoms with Gasteiger partial charge in [0.15, 0.2) is 0 Å². The quantitative estimate of drug-likeness (QED) is 0.878. The molecule has 2 aromatic rings. The van der Waals surface area contributed by atoms with Gasteiger partial charge in [-0.3, -0.25) is 4.98 Å². The number of nitrogens with one attached hydrogen (secondary N) is 1. The lowest BCUT2D eigenvalue weighted by Crippen LogP contribution is -2.27. The third-order valence-electron chi connectivity index (χ3n) is 2.55. The van der Waals surface area contributed by atoms with E-state index in [4.69, 9.17) is 11.6 Å². The zero-order chi connectivity index (χ0) is 13.9. The first kappa shape index (κ1) is 13.9. The minimum Gasteiger partial charge on any atom is -0.265 e. The number of pyridine rings is 2. The van der Waals surface area contributed by atoms with Crippen LogP contribution >= 0.6 is 11.6 Å². The van der Waals surface area contributed by atoms with Crippen LogP contribution in [0, 0.1) is 0 Å². The first-order valence-corrected chi connectivity index (χ1v) is 7.39. The van der Waals surface area contributed by atoms with E-state index in [1.54, 1.807) is 31.5 Å². The van der Waals surface area contributed by atoms with Crippen molar-refractivity contribution in [3.05, 3.63) is 53.6 Å². The number of aromatic nitrogens is 2. The topological polar surface area (TPSA) is 72.0 Å². The van der Waals surface area contributed by atoms with Crippen molar-refractivity contribution in [3.8, 4) is 0 Å². The van der Waals surface area contributed by atoms with Gasteiger partial charge in [0.1, 0.15) is 10.0 Å². The summed E-state index contributed by atoms with van der Waals surface area (Å²) in [5, 5.41) is 0.251. The van der Waals surface area contributed by atoms with Gasteiger partial charge in [-0.15, -0.1) is 0 Å². The number of hydrogen-bond donors (Lipinski definition) is 1. The molecule has 0 aliphatic rings. The van der Waals surface area contributed by atoms with Crippen molar-refractivity contribution in [1.82, 2.24) is 14.7 Å². The molecular formula is C12H12ClN3O2S. The van der Waals surface area contributed by atoms with Gasteiger partial charge in [0.2, 0.25) is 10.0 Å². The maximum atomic E-state index is 12.1. The SMILES string of the molecule is C[C@@H](NS(=O)(=O)c1ccc(Cl)nc1)c1ccncc1. The number of nitrogens with zero attached hydrogens (tertiary/aromatic N) is 2. The predicted molar refractivity (Wildman–Crippen MR) is 72.2 cm³/mol. The summed E-state index contributed by atoms with van der Waals surface area (Å²) in [7, 11) is -3.62. The summed E-state index contributed by atoms with van der Waals surface area (Å²) in [5.74, 6) is 0. The van der Waals surface area contributed by atoms with Crippen LogP contribution in [0.2, 0.25) is 5.15 Å². The van der Waals surface area contributed by atoms with Gasteiger partial charge < -0.3 is 0 Å². The fraction of sp³-hybridized carbons (Fsp3) is 0.167. The van der Waals surface area contributed by atoms with Crippen LogP contribution in [-0.2, 0) is 10.0 Å². The lowest BCUT2D eigenvalue weighted by Gasteiger charge is -2.14. The van der Waals surface area contributed by atoms with Crippen LogP contribution in [0.5, 0.6) is 0 Å². The van der Waals surface area contributed by atoms with Crippen LogP contribution in [0.25, 0.3) is 0 Å². The molecule has 0 saturated heterocycles. The first-order chi connectivity index (χ1) is 8.99. The van der Waals surface area contributed by atoms with Crippen molar-refractivity contribution in [2.45, 2.75) is 17.9 Å². The van der Waals surface area contributed by atoms with Crippen molar-refractivity contribution in [2.75, 3.05) is 0 Å². The molecule has 0 amide bonds. The first-order valence-electron chi connectivity index (χ1n) is 5.53. The number of hydrogen-bond acceptors (Lipinski definition) is 4. The lowest BCUT2D eigenvalue weighted by molar-refractivity contribution is 0.566. The zero-order valence-electron chi connectivity index (χ0n) is 10.1. The monoisotopic (exact) mass is 297 g/mol. The Morgan fingerprint density at radius 2 is 1.89 bits per heavy atom. The Morgan fingerprint density at radius 1 is 1.21 bits per heavy atom. The summed E-state index contributed by atoms with van der Waals surface area (Å²) in [6, 6.07) is 6.01. The number of rotatable bonds is 4. The molecule has 5 nitrogen and oxygen atoms in total. The summed E-state index contributed by atoms with van der Waals surface area (Å²) in [6.07, 6.45) is 4.46. The summed E-state index contributed by atoms with van der Waals surface area (Å²) in [5.41, 5.74) is 0.834. The fourth-order valence-corrected chi connectivity index (χ4v) is 2.83. The Balaban J connectivity index is 2.20. The second-order valence-corrected chi connectivity index (χ2v) is 6.04. The molecule has 100 valence electrons. The van der Waals surface area contributed by atoms with E-state index in [2.05, 4.69) is 14.7 Å². The third kappa shape index (κ3) is 3.50. The Bertz CT molecular complexity index is 644. The molecule has 1 N–H and O–H groups in total. The smallest absolute Gasteiger partial charge is 0.242 e. The molecule has 0 radical (unpaired) electrons. The largest absolute Gasteiger partial charge is 0.265 e. The highest BCUT2D eigenvalue weighted by Gasteiger charge is 2.18. The molecule has 0 aliphatic heterocycles. The highest BCUT2D eigenvalue weighted by atomic mass is 35.5. The van der Waals surface area contributed by atoms with Crippen molar-refractivity contribution in [1.29, 1.82) is 0 Å². The van der Waals surface area contributed by atoms with Crippen LogP contribution in [0.15, 0.2) is 47.8 Å². The number of halogens is 1. The van der Waals surface area contributed by atoms with Gasteiger partial charge >= 0.3 is 0 Å². The van der Waals surface area contributed by atoms with Gasteiger partial charge in [-0.25, -0.2) is 18.1 Å². The van der Waals surface area contributed by atoms with E-state index in [0.717, 1.165) is 5.56 Å². The van der Waals surface area contributed by atoms with Gasteiger partial charge in [-0.1, -0.05) is 11.6 Å². The number of sulfonamides is 1. The zero-order valence-corrected chi connectivity index (χ0v) is 11.7. The Hall–Kier alpha value is -1.50. The molecule has 2 aromatic heterocycles. The average Bonchev–Trinajstić information content (AvgIpc) is 2.40. The van der Waals surface area contributed by atoms with E-state index in [1.165, 1.54) is 18.3 Å². The molecule has 0 bridgehead atoms. The van der Waals surface area contributed by atoms with Crippen LogP contribution in [0.1, 0.15) is 18.5 Å². The molecule has 0 fully saturated rings. The van der Waals surface area contributed by atoms with Gasteiger partial charge in [-0.2, -0.15) is 0 Å². The molecule has 0 unspecified atom stereocenters. The Kier molecular flexibility index (Phi) is 4.14. The molecule has 0 spiro atoms. The molecule has 2 rings (SSSR count). The molecule has 0 saturated carbocycles. The molecule has 0 aromatic carbocycles. The van der Waals surface area contributed by atoms with Gasteiger partial charge in [0.05, 0.1) is 0 Å². The van der Waals surface area contributed by atoms with Gasteiger partial charge in [-0.05, 0) is 36.8 Å². The standard InChI is InChI=1S/C12H12ClN3O2S/c1-9(10-4-6-14-7-5-10)16-19(17,18)11-2-3-12(13)15-8-11/h2-9,16H,1H3/t9-/m1/s1. The van der Waals surface area contributed by atoms with E-state index >= 15 is 0 Å². The van der Waals surface area contributed by atoms with Crippen molar-refractivity contribution >= 4 is 21.6 Å². The van der Waals surface area contributed by atoms with Crippen LogP contribution < -0.4 is 4.72 Å². The Labute approximate surface area is 116 Å². The Morgan fingerprint density at radius 3 is 2.47 bits per heavy atom. The normalized spacial score (nSPS) is 13.2. The predicted octanol–water partition coefficient (Wildman–Crippen LogP) is 2.17. The van der Waals surface area contributed by atoms with Gasteiger partial charge in [0.25, 0.3) is 0 Å². The molecule has 1 atom stereocenters. The maximum Gasteiger partial charge on any atom is 0.242 e. The second-order valence-electron chi connectivity index (χ2n) is 3.94. The molecule has 0 aliphatic carbocycles. The molecular weight excluding hydrogens is 286 g/mol. The van der Waals surface area contributed by atoms with E-state index in [9.17, 15) is 8.42 Å². The van der Waals surface area contributed by atoms with E-state index in [-0.39, 0.29) is 16.1 Å². The summed E-state index contributed by atoms with van der Waals surface area (Å²) in [4.78, 5) is 7.73. The minimum atomic E-state index is -3.62. The lowest BCUT2D eigenvalue weighted by atomic mass is 10.1. The van der Waals surface area contributed by atoms with Crippen LogP contribution in [0.4, 0.5) is 0 Å². The average molecular weight is 298 g/mol.